The molecule has 1 saturated heterocycles. The molecule has 3 heterocycles. The summed E-state index contributed by atoms with van der Waals surface area (Å²) in [4.78, 5) is 23.4. The van der Waals surface area contributed by atoms with Crippen LogP contribution < -0.4 is 10.2 Å². The van der Waals surface area contributed by atoms with Crippen molar-refractivity contribution in [1.82, 2.24) is 25.1 Å². The number of nitrogens with one attached hydrogen (secondary N) is 1. The summed E-state index contributed by atoms with van der Waals surface area (Å²) in [6.07, 6.45) is 3.45. The van der Waals surface area contributed by atoms with E-state index in [9.17, 15) is 18.0 Å². The molecule has 10 heteroatoms. The Morgan fingerprint density at radius 1 is 1.03 bits per heavy atom. The second-order valence-electron chi connectivity index (χ2n) is 7.61. The van der Waals surface area contributed by atoms with Gasteiger partial charge in [-0.3, -0.25) is 4.79 Å². The quantitative estimate of drug-likeness (QED) is 0.668. The number of alkyl halides is 3. The van der Waals surface area contributed by atoms with E-state index in [1.165, 1.54) is 36.0 Å². The number of hydrogen-bond acceptors (Lipinski definition) is 5. The van der Waals surface area contributed by atoms with Gasteiger partial charge in [-0.25, -0.2) is 14.6 Å². The van der Waals surface area contributed by atoms with Crippen molar-refractivity contribution < 1.29 is 18.0 Å². The van der Waals surface area contributed by atoms with Crippen LogP contribution in [-0.4, -0.2) is 38.7 Å². The monoisotopic (exact) mass is 432 g/mol. The van der Waals surface area contributed by atoms with E-state index in [0.29, 0.717) is 11.2 Å². The molecule has 1 amide bonds. The van der Waals surface area contributed by atoms with E-state index < -0.39 is 11.7 Å². The summed E-state index contributed by atoms with van der Waals surface area (Å²) in [6.45, 7) is 1.96. The van der Waals surface area contributed by atoms with Gasteiger partial charge >= 0.3 is 6.18 Å². The topological polar surface area (TPSA) is 75.9 Å². The predicted octanol–water partition coefficient (Wildman–Crippen LogP) is 3.54. The number of aromatic nitrogens is 4. The van der Waals surface area contributed by atoms with Crippen molar-refractivity contribution in [2.45, 2.75) is 44.9 Å². The van der Waals surface area contributed by atoms with Crippen molar-refractivity contribution >= 4 is 22.8 Å². The molecular weight excluding hydrogens is 409 g/mol. The Morgan fingerprint density at radius 2 is 1.74 bits per heavy atom. The van der Waals surface area contributed by atoms with Gasteiger partial charge in [-0.1, -0.05) is 25.0 Å². The highest BCUT2D eigenvalue weighted by Gasteiger charge is 2.29. The smallest absolute Gasteiger partial charge is 0.356 e. The van der Waals surface area contributed by atoms with Crippen molar-refractivity contribution in [3.05, 3.63) is 47.9 Å². The third kappa shape index (κ3) is 4.95. The van der Waals surface area contributed by atoms with Gasteiger partial charge in [0.05, 0.1) is 17.1 Å². The number of benzene rings is 1. The first kappa shape index (κ1) is 21.1. The summed E-state index contributed by atoms with van der Waals surface area (Å²) < 4.78 is 39.5. The third-order valence-electron chi connectivity index (χ3n) is 5.38. The summed E-state index contributed by atoms with van der Waals surface area (Å²) in [7, 11) is 0. The average Bonchev–Trinajstić information content (AvgIpc) is 2.97. The number of hydrogen-bond donors (Lipinski definition) is 1. The number of nitrogens with zero attached hydrogens (tertiary/aromatic N) is 5. The van der Waals surface area contributed by atoms with Crippen molar-refractivity contribution in [3.63, 3.8) is 0 Å². The standard InChI is InChI=1S/C21H23F3N6O/c22-21(23,24)16-7-5-15(6-8-16)11-25-18(31)13-30-20-17(12-28-30)19(26-14-27-20)29-9-3-1-2-4-10-29/h5-8,12,14H,1-4,9-11,13H2,(H,25,31). The molecule has 164 valence electrons. The van der Waals surface area contributed by atoms with Crippen molar-refractivity contribution in [3.8, 4) is 0 Å². The Morgan fingerprint density at radius 3 is 2.42 bits per heavy atom. The SMILES string of the molecule is O=C(Cn1ncc2c(N3CCCCCC3)ncnc21)NCc1ccc(C(F)(F)F)cc1. The molecule has 0 atom stereocenters. The summed E-state index contributed by atoms with van der Waals surface area (Å²) in [5, 5.41) is 7.83. The lowest BCUT2D eigenvalue weighted by Gasteiger charge is -2.21. The number of fused-ring (bicyclic) bond motifs is 1. The highest BCUT2D eigenvalue weighted by molar-refractivity contribution is 5.87. The Balaban J connectivity index is 1.41. The van der Waals surface area contributed by atoms with Crippen LogP contribution in [0.25, 0.3) is 11.0 Å². The molecule has 3 aromatic rings. The number of anilines is 1. The highest BCUT2D eigenvalue weighted by Crippen LogP contribution is 2.29. The molecule has 1 aliphatic heterocycles. The van der Waals surface area contributed by atoms with Gasteiger partial charge in [0.25, 0.3) is 0 Å². The van der Waals surface area contributed by atoms with Crippen molar-refractivity contribution in [2.75, 3.05) is 18.0 Å². The fourth-order valence-electron chi connectivity index (χ4n) is 3.73. The van der Waals surface area contributed by atoms with Crippen molar-refractivity contribution in [1.29, 1.82) is 0 Å². The number of carbonyl (C=O) groups excluding carboxylic acids is 1. The van der Waals surface area contributed by atoms with Crippen LogP contribution in [0, 0.1) is 0 Å². The Labute approximate surface area is 177 Å². The lowest BCUT2D eigenvalue weighted by atomic mass is 10.1. The molecule has 4 rings (SSSR count). The first-order valence-electron chi connectivity index (χ1n) is 10.3. The van der Waals surface area contributed by atoms with Gasteiger partial charge < -0.3 is 10.2 Å². The molecule has 1 fully saturated rings. The van der Waals surface area contributed by atoms with E-state index in [4.69, 9.17) is 0 Å². The Kier molecular flexibility index (Phi) is 6.06. The normalized spacial score (nSPS) is 15.1. The molecular formula is C21H23F3N6O. The lowest BCUT2D eigenvalue weighted by molar-refractivity contribution is -0.137. The molecule has 0 unspecified atom stereocenters. The van der Waals surface area contributed by atoms with E-state index in [0.717, 1.165) is 49.3 Å². The van der Waals surface area contributed by atoms with E-state index in [2.05, 4.69) is 25.3 Å². The third-order valence-corrected chi connectivity index (χ3v) is 5.38. The second kappa shape index (κ2) is 8.91. The minimum Gasteiger partial charge on any atom is -0.356 e. The maximum Gasteiger partial charge on any atom is 0.416 e. The highest BCUT2D eigenvalue weighted by atomic mass is 19.4. The zero-order valence-electron chi connectivity index (χ0n) is 16.9. The van der Waals surface area contributed by atoms with Gasteiger partial charge in [-0.2, -0.15) is 18.3 Å². The van der Waals surface area contributed by atoms with Crippen LogP contribution in [-0.2, 0) is 24.1 Å². The van der Waals surface area contributed by atoms with Gasteiger partial charge in [0.2, 0.25) is 5.91 Å². The molecule has 0 bridgehead atoms. The summed E-state index contributed by atoms with van der Waals surface area (Å²) >= 11 is 0. The molecule has 0 radical (unpaired) electrons. The van der Waals surface area contributed by atoms with Crippen LogP contribution in [0.2, 0.25) is 0 Å². The molecule has 7 nitrogen and oxygen atoms in total. The summed E-state index contributed by atoms with van der Waals surface area (Å²) in [6, 6.07) is 4.72. The van der Waals surface area contributed by atoms with Crippen LogP contribution in [0.3, 0.4) is 0 Å². The molecule has 0 aliphatic carbocycles. The molecule has 31 heavy (non-hydrogen) atoms. The molecule has 2 aromatic heterocycles. The fraction of sp³-hybridized carbons (Fsp3) is 0.429. The molecule has 1 aromatic carbocycles. The van der Waals surface area contributed by atoms with Crippen LogP contribution in [0.15, 0.2) is 36.8 Å². The Bertz CT molecular complexity index is 1040. The fourth-order valence-corrected chi connectivity index (χ4v) is 3.73. The van der Waals surface area contributed by atoms with E-state index in [1.54, 1.807) is 6.20 Å². The molecule has 1 aliphatic rings. The van der Waals surface area contributed by atoms with Crippen molar-refractivity contribution in [2.24, 2.45) is 0 Å². The van der Waals surface area contributed by atoms with E-state index in [-0.39, 0.29) is 19.0 Å². The average molecular weight is 432 g/mol. The van der Waals surface area contributed by atoms with Crippen LogP contribution in [0.1, 0.15) is 36.8 Å². The lowest BCUT2D eigenvalue weighted by Crippen LogP contribution is -2.28. The molecule has 0 spiro atoms. The Hall–Kier alpha value is -3.17. The minimum absolute atomic E-state index is 0.0411. The maximum atomic E-state index is 12.6. The molecule has 0 saturated carbocycles. The van der Waals surface area contributed by atoms with Crippen LogP contribution in [0.5, 0.6) is 0 Å². The first-order valence-corrected chi connectivity index (χ1v) is 10.3. The molecule has 1 N–H and O–H groups in total. The summed E-state index contributed by atoms with van der Waals surface area (Å²) in [5.74, 6) is 0.531. The zero-order valence-corrected chi connectivity index (χ0v) is 16.9. The van der Waals surface area contributed by atoms with Crippen LogP contribution >= 0.6 is 0 Å². The summed E-state index contributed by atoms with van der Waals surface area (Å²) in [5.41, 5.74) is 0.446. The van der Waals surface area contributed by atoms with Gasteiger partial charge in [0.15, 0.2) is 5.65 Å². The van der Waals surface area contributed by atoms with Gasteiger partial charge in [-0.15, -0.1) is 0 Å². The van der Waals surface area contributed by atoms with E-state index in [1.807, 2.05) is 0 Å². The zero-order chi connectivity index (χ0) is 21.8. The first-order chi connectivity index (χ1) is 14.9. The number of amides is 1. The van der Waals surface area contributed by atoms with Gasteiger partial charge in [0.1, 0.15) is 18.7 Å². The predicted molar refractivity (Wildman–Crippen MR) is 109 cm³/mol. The number of rotatable bonds is 5. The number of halogens is 3. The minimum atomic E-state index is -4.38. The maximum absolute atomic E-state index is 12.6. The van der Waals surface area contributed by atoms with Gasteiger partial charge in [-0.05, 0) is 30.5 Å². The second-order valence-corrected chi connectivity index (χ2v) is 7.61. The number of carbonyl (C=O) groups is 1. The van der Waals surface area contributed by atoms with E-state index >= 15 is 0 Å². The van der Waals surface area contributed by atoms with Crippen LogP contribution in [0.4, 0.5) is 19.0 Å². The van der Waals surface area contributed by atoms with Gasteiger partial charge in [0, 0.05) is 19.6 Å². The largest absolute Gasteiger partial charge is 0.416 e.